The summed E-state index contributed by atoms with van der Waals surface area (Å²) in [6.07, 6.45) is 0.806. The molecular formula is C37H43N3O8S2. The Bertz CT molecular complexity index is 1590. The number of thioether (sulfide) groups is 2. The van der Waals surface area contributed by atoms with Crippen LogP contribution in [0.1, 0.15) is 49.3 Å². The van der Waals surface area contributed by atoms with Gasteiger partial charge >= 0.3 is 18.2 Å². The fourth-order valence-corrected chi connectivity index (χ4v) is 6.98. The summed E-state index contributed by atoms with van der Waals surface area (Å²) in [6, 6.07) is 21.5. The minimum Gasteiger partial charge on any atom is -0.480 e. The van der Waals surface area contributed by atoms with Gasteiger partial charge in [-0.1, -0.05) is 104 Å². The highest BCUT2D eigenvalue weighted by Gasteiger charge is 2.32. The Kier molecular flexibility index (Phi) is 14.6. The molecule has 0 saturated heterocycles. The number of carbonyl (C=O) groups excluding carboxylic acids is 4. The van der Waals surface area contributed by atoms with Crippen molar-refractivity contribution in [2.45, 2.75) is 57.3 Å². The van der Waals surface area contributed by atoms with Crippen molar-refractivity contribution in [1.29, 1.82) is 0 Å². The molecule has 0 saturated carbocycles. The van der Waals surface area contributed by atoms with E-state index in [0.29, 0.717) is 23.9 Å². The van der Waals surface area contributed by atoms with Gasteiger partial charge in [0, 0.05) is 11.7 Å². The monoisotopic (exact) mass is 721 g/mol. The predicted molar refractivity (Wildman–Crippen MR) is 195 cm³/mol. The number of ether oxygens (including phenoxy) is 2. The average molecular weight is 722 g/mol. The van der Waals surface area contributed by atoms with Crippen molar-refractivity contribution in [3.05, 3.63) is 95.6 Å². The Hall–Kier alpha value is -4.49. The maximum absolute atomic E-state index is 13.3. The second-order valence-corrected chi connectivity index (χ2v) is 14.2. The number of benzene rings is 3. The second-order valence-electron chi connectivity index (χ2n) is 12.2. The molecule has 1 aliphatic rings. The van der Waals surface area contributed by atoms with Gasteiger partial charge < -0.3 is 30.5 Å². The van der Waals surface area contributed by atoms with Crippen LogP contribution in [0.5, 0.6) is 0 Å². The number of fused-ring (bicyclic) bond motifs is 3. The van der Waals surface area contributed by atoms with Gasteiger partial charge in [0.25, 0.3) is 0 Å². The summed E-state index contributed by atoms with van der Waals surface area (Å²) in [4.78, 5) is 64.1. The number of amides is 3. The molecule has 0 aromatic heterocycles. The molecule has 4 N–H and O–H groups in total. The fraction of sp³-hybridized carbons (Fsp3) is 0.378. The summed E-state index contributed by atoms with van der Waals surface area (Å²) >= 11 is 2.16. The highest BCUT2D eigenvalue weighted by atomic mass is 32.2. The van der Waals surface area contributed by atoms with Crippen molar-refractivity contribution >= 4 is 52.7 Å². The molecule has 0 fully saturated rings. The van der Waals surface area contributed by atoms with Gasteiger partial charge in [-0.25, -0.2) is 14.4 Å². The lowest BCUT2D eigenvalue weighted by molar-refractivity contribution is -0.141. The van der Waals surface area contributed by atoms with Gasteiger partial charge in [-0.15, -0.1) is 0 Å². The predicted octanol–water partition coefficient (Wildman–Crippen LogP) is 5.82. The first-order chi connectivity index (χ1) is 24.1. The Morgan fingerprint density at radius 1 is 0.760 bits per heavy atom. The van der Waals surface area contributed by atoms with E-state index >= 15 is 0 Å². The number of rotatable bonds is 17. The molecule has 11 nitrogen and oxygen atoms in total. The lowest BCUT2D eigenvalue weighted by atomic mass is 9.98. The molecule has 3 aromatic rings. The third-order valence-electron chi connectivity index (χ3n) is 8.07. The van der Waals surface area contributed by atoms with Crippen molar-refractivity contribution in [3.8, 4) is 11.1 Å². The molecule has 1 aliphatic carbocycles. The maximum atomic E-state index is 13.3. The molecule has 3 amide bonds. The number of hydrogen-bond donors (Lipinski definition) is 4. The van der Waals surface area contributed by atoms with Crippen LogP contribution >= 0.6 is 23.5 Å². The normalized spacial score (nSPS) is 13.7. The summed E-state index contributed by atoms with van der Waals surface area (Å²) in [6.45, 7) is 3.86. The Morgan fingerprint density at radius 3 is 1.94 bits per heavy atom. The van der Waals surface area contributed by atoms with E-state index in [1.54, 1.807) is 12.1 Å². The molecular weight excluding hydrogens is 679 g/mol. The van der Waals surface area contributed by atoms with E-state index in [1.807, 2.05) is 86.8 Å². The number of alkyl carbamates (subject to hydrolysis) is 2. The third kappa shape index (κ3) is 11.0. The van der Waals surface area contributed by atoms with Gasteiger partial charge in [0.2, 0.25) is 11.0 Å². The van der Waals surface area contributed by atoms with Crippen LogP contribution < -0.4 is 16.0 Å². The number of nitrogens with one attached hydrogen (secondary N) is 3. The first-order valence-corrected chi connectivity index (χ1v) is 18.7. The average Bonchev–Trinajstić information content (AvgIpc) is 3.43. The SMILES string of the molecule is CSCC[C@H](NC(=O)OCC1c2ccccc2-c2ccccc21)C(=O)N[C@@H](CSC(=O)[C@H](CC(C)C)NC(=O)OCc1ccccc1)C(=O)O. The van der Waals surface area contributed by atoms with Gasteiger partial charge in [-0.05, 0) is 58.6 Å². The van der Waals surface area contributed by atoms with Gasteiger partial charge in [-0.3, -0.25) is 9.59 Å². The molecule has 3 atom stereocenters. The van der Waals surface area contributed by atoms with E-state index in [2.05, 4.69) is 16.0 Å². The van der Waals surface area contributed by atoms with Gasteiger partial charge in [0.1, 0.15) is 31.3 Å². The highest BCUT2D eigenvalue weighted by molar-refractivity contribution is 8.13. The van der Waals surface area contributed by atoms with Crippen LogP contribution in [0.2, 0.25) is 0 Å². The molecule has 0 aliphatic heterocycles. The smallest absolute Gasteiger partial charge is 0.408 e. The number of carbonyl (C=O) groups is 5. The zero-order chi connectivity index (χ0) is 36.0. The molecule has 266 valence electrons. The summed E-state index contributed by atoms with van der Waals surface area (Å²) in [5.74, 6) is -1.98. The van der Waals surface area contributed by atoms with Crippen LogP contribution in [0.4, 0.5) is 9.59 Å². The van der Waals surface area contributed by atoms with Gasteiger partial charge in [0.15, 0.2) is 0 Å². The molecule has 13 heteroatoms. The number of carboxylic acid groups (broad SMARTS) is 1. The summed E-state index contributed by atoms with van der Waals surface area (Å²) < 4.78 is 10.9. The largest absolute Gasteiger partial charge is 0.480 e. The van der Waals surface area contributed by atoms with E-state index in [9.17, 15) is 29.1 Å². The van der Waals surface area contributed by atoms with Crippen LogP contribution in [-0.2, 0) is 30.5 Å². The Labute approximate surface area is 300 Å². The van der Waals surface area contributed by atoms with Crippen molar-refractivity contribution < 1.29 is 38.6 Å². The number of aliphatic carboxylic acids is 1. The summed E-state index contributed by atoms with van der Waals surface area (Å²) in [5.41, 5.74) is 5.04. The van der Waals surface area contributed by atoms with Crippen LogP contribution in [0.3, 0.4) is 0 Å². The molecule has 4 rings (SSSR count). The number of hydrogen-bond acceptors (Lipinski definition) is 9. The van der Waals surface area contributed by atoms with Crippen LogP contribution in [0, 0.1) is 5.92 Å². The fourth-order valence-electron chi connectivity index (χ4n) is 5.59. The molecule has 0 heterocycles. The third-order valence-corrected chi connectivity index (χ3v) is 9.78. The summed E-state index contributed by atoms with van der Waals surface area (Å²) in [5, 5.41) is 17.1. The lowest BCUT2D eigenvalue weighted by Gasteiger charge is -2.22. The highest BCUT2D eigenvalue weighted by Crippen LogP contribution is 2.44. The molecule has 0 unspecified atom stereocenters. The quantitative estimate of drug-likeness (QED) is 0.134. The first-order valence-electron chi connectivity index (χ1n) is 16.3. The molecule has 50 heavy (non-hydrogen) atoms. The summed E-state index contributed by atoms with van der Waals surface area (Å²) in [7, 11) is 0. The van der Waals surface area contributed by atoms with Crippen LogP contribution in [0.25, 0.3) is 11.1 Å². The zero-order valence-corrected chi connectivity index (χ0v) is 29.9. The van der Waals surface area contributed by atoms with Crippen LogP contribution in [0.15, 0.2) is 78.9 Å². The molecule has 3 aromatic carbocycles. The minimum absolute atomic E-state index is 0.0251. The van der Waals surface area contributed by atoms with Crippen molar-refractivity contribution in [2.24, 2.45) is 5.92 Å². The molecule has 0 bridgehead atoms. The first kappa shape index (κ1) is 38.3. The Morgan fingerprint density at radius 2 is 1.34 bits per heavy atom. The van der Waals surface area contributed by atoms with Crippen LogP contribution in [-0.4, -0.2) is 76.8 Å². The van der Waals surface area contributed by atoms with E-state index in [4.69, 9.17) is 9.47 Å². The molecule has 0 radical (unpaired) electrons. The minimum atomic E-state index is -1.44. The number of carboxylic acids is 1. The lowest BCUT2D eigenvalue weighted by Crippen LogP contribution is -2.53. The topological polar surface area (TPSA) is 160 Å². The van der Waals surface area contributed by atoms with Gasteiger partial charge in [-0.2, -0.15) is 11.8 Å². The zero-order valence-electron chi connectivity index (χ0n) is 28.3. The van der Waals surface area contributed by atoms with E-state index in [0.717, 1.165) is 27.8 Å². The van der Waals surface area contributed by atoms with Crippen molar-refractivity contribution in [1.82, 2.24) is 16.0 Å². The van der Waals surface area contributed by atoms with E-state index in [1.165, 1.54) is 11.8 Å². The van der Waals surface area contributed by atoms with E-state index < -0.39 is 47.3 Å². The van der Waals surface area contributed by atoms with Crippen molar-refractivity contribution in [3.63, 3.8) is 0 Å². The van der Waals surface area contributed by atoms with E-state index in [-0.39, 0.29) is 37.2 Å². The Balaban J connectivity index is 1.32. The van der Waals surface area contributed by atoms with Crippen molar-refractivity contribution in [2.75, 3.05) is 24.4 Å². The molecule has 0 spiro atoms. The van der Waals surface area contributed by atoms with Gasteiger partial charge in [0.05, 0.1) is 0 Å². The maximum Gasteiger partial charge on any atom is 0.408 e. The standard InChI is InChI=1S/C37H43N3O8S2/c1-23(2)19-31(40-37(46)47-20-24-11-5-4-6-12-24)35(44)50-22-32(34(42)43)38-33(41)30(17-18-49-3)39-36(45)48-21-29-27-15-9-7-13-25(27)26-14-8-10-16-28(26)29/h4-16,23,29-32H,17-22H2,1-3H3,(H,38,41)(H,39,45)(H,40,46)(H,42,43)/t30-,31-,32-/m0/s1. The second kappa shape index (κ2) is 19.0.